The molecule has 1 aromatic carbocycles. The molecule has 22 heavy (non-hydrogen) atoms. The lowest BCUT2D eigenvalue weighted by Crippen LogP contribution is -2.27. The van der Waals surface area contributed by atoms with Crippen molar-refractivity contribution >= 4 is 27.3 Å². The molecule has 0 spiro atoms. The highest BCUT2D eigenvalue weighted by atomic mass is 32.2. The standard InChI is InChI=1S/C14H14N2O4S2/c1-8-15-7-13(21-8)22(19,20)16-12-6-11(14(17)18)9-4-2-3-5-10(9)12/h2-5,7,11-12,16H,6H2,1H3,(H,17,18)/t11-,12+/m0/s1. The van der Waals surface area contributed by atoms with Crippen molar-refractivity contribution in [1.82, 2.24) is 9.71 Å². The Labute approximate surface area is 131 Å². The van der Waals surface area contributed by atoms with Gasteiger partial charge in [-0.15, -0.1) is 11.3 Å². The third-order valence-corrected chi connectivity index (χ3v) is 6.52. The lowest BCUT2D eigenvalue weighted by molar-refractivity contribution is -0.138. The molecule has 0 saturated carbocycles. The lowest BCUT2D eigenvalue weighted by atomic mass is 10.0. The van der Waals surface area contributed by atoms with E-state index < -0.39 is 28.0 Å². The number of rotatable bonds is 4. The van der Waals surface area contributed by atoms with E-state index >= 15 is 0 Å². The summed E-state index contributed by atoms with van der Waals surface area (Å²) in [5.74, 6) is -1.63. The van der Waals surface area contributed by atoms with E-state index in [1.54, 1.807) is 31.2 Å². The van der Waals surface area contributed by atoms with Crippen LogP contribution in [0.5, 0.6) is 0 Å². The van der Waals surface area contributed by atoms with Gasteiger partial charge in [0.1, 0.15) is 0 Å². The van der Waals surface area contributed by atoms with Gasteiger partial charge in [-0.3, -0.25) is 4.79 Å². The molecule has 6 nitrogen and oxygen atoms in total. The smallest absolute Gasteiger partial charge is 0.311 e. The number of carbonyl (C=O) groups is 1. The predicted molar refractivity (Wildman–Crippen MR) is 81.3 cm³/mol. The molecule has 0 amide bonds. The fourth-order valence-corrected chi connectivity index (χ4v) is 5.04. The number of hydrogen-bond donors (Lipinski definition) is 2. The van der Waals surface area contributed by atoms with Gasteiger partial charge >= 0.3 is 5.97 Å². The Bertz CT molecular complexity index is 829. The van der Waals surface area contributed by atoms with Crippen molar-refractivity contribution in [2.75, 3.05) is 0 Å². The molecule has 1 aliphatic rings. The minimum atomic E-state index is -3.70. The summed E-state index contributed by atoms with van der Waals surface area (Å²) >= 11 is 1.09. The van der Waals surface area contributed by atoms with Crippen molar-refractivity contribution in [3.63, 3.8) is 0 Å². The van der Waals surface area contributed by atoms with Gasteiger partial charge in [-0.2, -0.15) is 0 Å². The van der Waals surface area contributed by atoms with E-state index in [0.717, 1.165) is 16.9 Å². The first-order valence-corrected chi connectivity index (χ1v) is 8.95. The number of aromatic nitrogens is 1. The topological polar surface area (TPSA) is 96.4 Å². The summed E-state index contributed by atoms with van der Waals surface area (Å²) in [6.07, 6.45) is 1.53. The van der Waals surface area contributed by atoms with Crippen LogP contribution < -0.4 is 4.72 Å². The molecule has 0 unspecified atom stereocenters. The van der Waals surface area contributed by atoms with Crippen molar-refractivity contribution in [3.8, 4) is 0 Å². The van der Waals surface area contributed by atoms with Gasteiger partial charge in [-0.1, -0.05) is 24.3 Å². The molecule has 0 bridgehead atoms. The molecule has 8 heteroatoms. The van der Waals surface area contributed by atoms with Crippen LogP contribution in [0.4, 0.5) is 0 Å². The second kappa shape index (κ2) is 5.45. The summed E-state index contributed by atoms with van der Waals surface area (Å²) in [5, 5.41) is 9.97. The quantitative estimate of drug-likeness (QED) is 0.889. The van der Waals surface area contributed by atoms with E-state index in [2.05, 4.69) is 9.71 Å². The number of thiazole rings is 1. The van der Waals surface area contributed by atoms with E-state index in [9.17, 15) is 18.3 Å². The highest BCUT2D eigenvalue weighted by Crippen LogP contribution is 2.41. The van der Waals surface area contributed by atoms with Crippen LogP contribution in [0.3, 0.4) is 0 Å². The molecule has 0 saturated heterocycles. The summed E-state index contributed by atoms with van der Waals surface area (Å²) in [6.45, 7) is 1.73. The number of nitrogens with zero attached hydrogens (tertiary/aromatic N) is 1. The van der Waals surface area contributed by atoms with Gasteiger partial charge in [0, 0.05) is 6.04 Å². The normalized spacial score (nSPS) is 20.8. The number of sulfonamides is 1. The Morgan fingerprint density at radius 2 is 2.05 bits per heavy atom. The molecule has 0 fully saturated rings. The lowest BCUT2D eigenvalue weighted by Gasteiger charge is -2.13. The Morgan fingerprint density at radius 1 is 1.36 bits per heavy atom. The summed E-state index contributed by atoms with van der Waals surface area (Å²) in [5.41, 5.74) is 1.39. The van der Waals surface area contributed by atoms with Crippen molar-refractivity contribution in [2.45, 2.75) is 29.5 Å². The minimum absolute atomic E-state index is 0.140. The third-order valence-electron chi connectivity index (χ3n) is 3.68. The fraction of sp³-hybridized carbons (Fsp3) is 0.286. The predicted octanol–water partition coefficient (Wildman–Crippen LogP) is 2.04. The molecular formula is C14H14N2O4S2. The van der Waals surface area contributed by atoms with E-state index in [1.165, 1.54) is 6.20 Å². The second-order valence-electron chi connectivity index (χ2n) is 5.13. The second-order valence-corrected chi connectivity index (χ2v) is 8.30. The number of carboxylic acid groups (broad SMARTS) is 1. The van der Waals surface area contributed by atoms with E-state index in [4.69, 9.17) is 0 Å². The van der Waals surface area contributed by atoms with Gasteiger partial charge in [0.2, 0.25) is 0 Å². The molecule has 0 radical (unpaired) electrons. The maximum atomic E-state index is 12.4. The highest BCUT2D eigenvalue weighted by Gasteiger charge is 2.37. The molecular weight excluding hydrogens is 324 g/mol. The first-order valence-electron chi connectivity index (χ1n) is 6.65. The largest absolute Gasteiger partial charge is 0.481 e. The van der Waals surface area contributed by atoms with Crippen LogP contribution in [0.2, 0.25) is 0 Å². The van der Waals surface area contributed by atoms with E-state index in [0.29, 0.717) is 10.6 Å². The first kappa shape index (κ1) is 15.1. The Balaban J connectivity index is 1.92. The van der Waals surface area contributed by atoms with Crippen molar-refractivity contribution in [2.24, 2.45) is 0 Å². The SMILES string of the molecule is Cc1ncc(S(=O)(=O)N[C@@H]2C[C@H](C(=O)O)c3ccccc32)s1. The number of hydrogen-bond acceptors (Lipinski definition) is 5. The molecule has 3 rings (SSSR count). The van der Waals surface area contributed by atoms with Gasteiger partial charge in [0.25, 0.3) is 10.0 Å². The van der Waals surface area contributed by atoms with Gasteiger partial charge < -0.3 is 5.11 Å². The number of benzene rings is 1. The molecule has 0 aliphatic heterocycles. The molecule has 1 heterocycles. The van der Waals surface area contributed by atoms with Crippen molar-refractivity contribution in [1.29, 1.82) is 0 Å². The number of aliphatic carboxylic acids is 1. The number of fused-ring (bicyclic) bond motifs is 1. The number of aryl methyl sites for hydroxylation is 1. The number of carboxylic acids is 1. The average Bonchev–Trinajstić information content (AvgIpc) is 3.04. The third kappa shape index (κ3) is 2.65. The zero-order valence-electron chi connectivity index (χ0n) is 11.7. The number of nitrogens with one attached hydrogen (secondary N) is 1. The van der Waals surface area contributed by atoms with Crippen LogP contribution in [-0.2, 0) is 14.8 Å². The summed E-state index contributed by atoms with van der Waals surface area (Å²) in [7, 11) is -3.70. The van der Waals surface area contributed by atoms with Gasteiger partial charge in [-0.05, 0) is 24.5 Å². The summed E-state index contributed by atoms with van der Waals surface area (Å²) < 4.78 is 27.5. The fourth-order valence-electron chi connectivity index (χ4n) is 2.69. The maximum absolute atomic E-state index is 12.4. The monoisotopic (exact) mass is 338 g/mol. The van der Waals surface area contributed by atoms with Gasteiger partial charge in [0.15, 0.2) is 4.21 Å². The van der Waals surface area contributed by atoms with E-state index in [-0.39, 0.29) is 10.6 Å². The zero-order valence-corrected chi connectivity index (χ0v) is 13.3. The molecule has 2 N–H and O–H groups in total. The molecule has 2 aromatic rings. The van der Waals surface area contributed by atoms with E-state index in [1.807, 2.05) is 0 Å². The van der Waals surface area contributed by atoms with Crippen LogP contribution >= 0.6 is 11.3 Å². The Hall–Kier alpha value is -1.77. The van der Waals surface area contributed by atoms with Crippen molar-refractivity contribution < 1.29 is 18.3 Å². The Morgan fingerprint density at radius 3 is 2.64 bits per heavy atom. The van der Waals surface area contributed by atoms with Crippen LogP contribution in [0.1, 0.15) is 34.5 Å². The maximum Gasteiger partial charge on any atom is 0.311 e. The molecule has 2 atom stereocenters. The highest BCUT2D eigenvalue weighted by molar-refractivity contribution is 7.91. The molecule has 1 aromatic heterocycles. The first-order chi connectivity index (χ1) is 10.4. The summed E-state index contributed by atoms with van der Waals surface area (Å²) in [4.78, 5) is 15.3. The molecule has 1 aliphatic carbocycles. The minimum Gasteiger partial charge on any atom is -0.481 e. The van der Waals surface area contributed by atoms with Crippen molar-refractivity contribution in [3.05, 3.63) is 46.6 Å². The van der Waals surface area contributed by atoms with Crippen LogP contribution in [0.25, 0.3) is 0 Å². The zero-order chi connectivity index (χ0) is 15.9. The average molecular weight is 338 g/mol. The summed E-state index contributed by atoms with van der Waals surface area (Å²) in [6, 6.07) is 6.51. The van der Waals surface area contributed by atoms with Crippen LogP contribution in [-0.4, -0.2) is 24.5 Å². The van der Waals surface area contributed by atoms with Gasteiger partial charge in [0.05, 0.1) is 17.1 Å². The molecule has 116 valence electrons. The Kier molecular flexibility index (Phi) is 3.75. The van der Waals surface area contributed by atoms with Crippen LogP contribution in [0, 0.1) is 6.92 Å². The van der Waals surface area contributed by atoms with Gasteiger partial charge in [-0.25, -0.2) is 18.1 Å². The van der Waals surface area contributed by atoms with Crippen LogP contribution in [0.15, 0.2) is 34.7 Å².